The van der Waals surface area contributed by atoms with Crippen molar-refractivity contribution in [3.63, 3.8) is 0 Å². The summed E-state index contributed by atoms with van der Waals surface area (Å²) in [5, 5.41) is 14.3. The zero-order valence-electron chi connectivity index (χ0n) is 12.1. The number of amides is 1. The molecule has 0 aliphatic carbocycles. The molecule has 0 saturated heterocycles. The number of nitro groups is 1. The van der Waals surface area contributed by atoms with E-state index in [4.69, 9.17) is 0 Å². The monoisotopic (exact) mass is 327 g/mol. The maximum atomic E-state index is 12.2. The van der Waals surface area contributed by atoms with Gasteiger partial charge in [-0.1, -0.05) is 6.07 Å². The first kappa shape index (κ1) is 15.1. The summed E-state index contributed by atoms with van der Waals surface area (Å²) in [6, 6.07) is 11.9. The molecule has 23 heavy (non-hydrogen) atoms. The second kappa shape index (κ2) is 6.53. The smallest absolute Gasteiger partial charge is 0.270 e. The summed E-state index contributed by atoms with van der Waals surface area (Å²) >= 11 is 1.32. The molecule has 3 rings (SSSR count). The Morgan fingerprint density at radius 2 is 2.13 bits per heavy atom. The molecule has 0 radical (unpaired) electrons. The molecule has 0 spiro atoms. The number of carbonyl (C=O) groups is 1. The van der Waals surface area contributed by atoms with Gasteiger partial charge in [-0.25, -0.2) is 0 Å². The van der Waals surface area contributed by atoms with Gasteiger partial charge in [0.1, 0.15) is 0 Å². The van der Waals surface area contributed by atoms with E-state index in [-0.39, 0.29) is 11.6 Å². The molecule has 0 aliphatic rings. The summed E-state index contributed by atoms with van der Waals surface area (Å²) in [5.41, 5.74) is 0.942. The molecule has 0 saturated carbocycles. The fraction of sp³-hybridized carbons (Fsp3) is 0.125. The van der Waals surface area contributed by atoms with Crippen molar-refractivity contribution in [1.82, 2.24) is 10.3 Å². The average Bonchev–Trinajstić information content (AvgIpc) is 2.99. The third-order valence-corrected chi connectivity index (χ3v) is 4.44. The van der Waals surface area contributed by atoms with E-state index in [1.807, 2.05) is 18.2 Å². The number of pyridine rings is 1. The van der Waals surface area contributed by atoms with Gasteiger partial charge in [0.25, 0.3) is 11.6 Å². The Bertz CT molecular complexity index is 861. The first-order chi connectivity index (χ1) is 11.1. The Labute approximate surface area is 135 Å². The zero-order valence-corrected chi connectivity index (χ0v) is 12.9. The lowest BCUT2D eigenvalue weighted by Gasteiger charge is -2.02. The van der Waals surface area contributed by atoms with E-state index in [0.717, 1.165) is 10.4 Å². The van der Waals surface area contributed by atoms with Crippen LogP contribution in [0.1, 0.15) is 15.4 Å². The van der Waals surface area contributed by atoms with Gasteiger partial charge in [-0.15, -0.1) is 11.3 Å². The van der Waals surface area contributed by atoms with Crippen LogP contribution in [0.15, 0.2) is 48.7 Å². The zero-order chi connectivity index (χ0) is 16.2. The average molecular weight is 327 g/mol. The van der Waals surface area contributed by atoms with E-state index in [1.54, 1.807) is 18.3 Å². The molecule has 0 atom stereocenters. The van der Waals surface area contributed by atoms with Crippen molar-refractivity contribution in [2.24, 2.45) is 0 Å². The number of thiophene rings is 1. The molecule has 2 heterocycles. The summed E-state index contributed by atoms with van der Waals surface area (Å²) in [6.07, 6.45) is 2.37. The van der Waals surface area contributed by atoms with Crippen LogP contribution in [0.25, 0.3) is 10.1 Å². The lowest BCUT2D eigenvalue weighted by molar-refractivity contribution is -0.384. The molecule has 3 aromatic rings. The third-order valence-electron chi connectivity index (χ3n) is 3.33. The topological polar surface area (TPSA) is 85.1 Å². The second-order valence-corrected chi connectivity index (χ2v) is 6.00. The number of hydrogen-bond donors (Lipinski definition) is 1. The van der Waals surface area contributed by atoms with E-state index in [9.17, 15) is 14.9 Å². The lowest BCUT2D eigenvalue weighted by atomic mass is 10.2. The van der Waals surface area contributed by atoms with Crippen LogP contribution in [0.5, 0.6) is 0 Å². The maximum absolute atomic E-state index is 12.2. The van der Waals surface area contributed by atoms with E-state index in [0.29, 0.717) is 23.2 Å². The number of carbonyl (C=O) groups excluding carboxylic acids is 1. The highest BCUT2D eigenvalue weighted by Crippen LogP contribution is 2.28. The number of nitrogens with one attached hydrogen (secondary N) is 1. The van der Waals surface area contributed by atoms with Gasteiger partial charge in [0.2, 0.25) is 0 Å². The van der Waals surface area contributed by atoms with Crippen molar-refractivity contribution in [3.05, 3.63) is 69.3 Å². The molecule has 0 aliphatic heterocycles. The van der Waals surface area contributed by atoms with Crippen molar-refractivity contribution in [2.45, 2.75) is 6.42 Å². The van der Waals surface area contributed by atoms with Crippen LogP contribution >= 0.6 is 11.3 Å². The second-order valence-electron chi connectivity index (χ2n) is 4.92. The lowest BCUT2D eigenvalue weighted by Crippen LogP contribution is -2.25. The van der Waals surface area contributed by atoms with Crippen LogP contribution < -0.4 is 5.32 Å². The molecule has 1 N–H and O–H groups in total. The number of benzene rings is 1. The predicted octanol–water partition coefficient (Wildman–Crippen LogP) is 3.18. The molecular weight excluding hydrogens is 314 g/mol. The molecule has 0 unspecified atom stereocenters. The van der Waals surface area contributed by atoms with Crippen LogP contribution in [-0.2, 0) is 6.42 Å². The van der Waals surface area contributed by atoms with Crippen molar-refractivity contribution >= 4 is 33.0 Å². The Balaban J connectivity index is 1.67. The molecule has 0 bridgehead atoms. The predicted molar refractivity (Wildman–Crippen MR) is 88.8 cm³/mol. The molecule has 1 amide bonds. The molecule has 6 nitrogen and oxygen atoms in total. The van der Waals surface area contributed by atoms with Gasteiger partial charge in [0, 0.05) is 47.1 Å². The molecular formula is C16H13N3O3S. The fourth-order valence-corrected chi connectivity index (χ4v) is 3.15. The van der Waals surface area contributed by atoms with Gasteiger partial charge < -0.3 is 5.32 Å². The first-order valence-electron chi connectivity index (χ1n) is 6.99. The van der Waals surface area contributed by atoms with Gasteiger partial charge in [0.05, 0.1) is 9.80 Å². The van der Waals surface area contributed by atoms with Gasteiger partial charge in [-0.3, -0.25) is 19.9 Å². The van der Waals surface area contributed by atoms with Gasteiger partial charge in [0.15, 0.2) is 0 Å². The number of nitro benzene ring substituents is 1. The van der Waals surface area contributed by atoms with Gasteiger partial charge in [-0.2, -0.15) is 0 Å². The van der Waals surface area contributed by atoms with E-state index < -0.39 is 4.92 Å². The van der Waals surface area contributed by atoms with E-state index in [1.165, 1.54) is 23.5 Å². The number of non-ortho nitro benzene ring substituents is 1. The Morgan fingerprint density at radius 1 is 1.26 bits per heavy atom. The normalized spacial score (nSPS) is 10.6. The Hall–Kier alpha value is -2.80. The molecule has 0 fully saturated rings. The number of rotatable bonds is 5. The van der Waals surface area contributed by atoms with Crippen molar-refractivity contribution in [2.75, 3.05) is 6.54 Å². The number of nitrogens with zero attached hydrogens (tertiary/aromatic N) is 2. The van der Waals surface area contributed by atoms with Gasteiger partial charge in [-0.05, 0) is 24.3 Å². The molecule has 1 aromatic carbocycles. The highest BCUT2D eigenvalue weighted by atomic mass is 32.1. The number of fused-ring (bicyclic) bond motifs is 1. The maximum Gasteiger partial charge on any atom is 0.270 e. The number of hydrogen-bond acceptors (Lipinski definition) is 5. The summed E-state index contributed by atoms with van der Waals surface area (Å²) in [6.45, 7) is 0.490. The summed E-state index contributed by atoms with van der Waals surface area (Å²) < 4.78 is 0.852. The van der Waals surface area contributed by atoms with Gasteiger partial charge >= 0.3 is 0 Å². The summed E-state index contributed by atoms with van der Waals surface area (Å²) in [7, 11) is 0. The van der Waals surface area contributed by atoms with Crippen LogP contribution in [0, 0.1) is 10.1 Å². The van der Waals surface area contributed by atoms with Crippen molar-refractivity contribution in [1.29, 1.82) is 0 Å². The minimum absolute atomic E-state index is 0.0254. The SMILES string of the molecule is O=C(NCCc1ccccn1)c1cc2cc([N+](=O)[O-])ccc2s1. The molecule has 2 aromatic heterocycles. The Morgan fingerprint density at radius 3 is 2.87 bits per heavy atom. The minimum Gasteiger partial charge on any atom is -0.351 e. The fourth-order valence-electron chi connectivity index (χ4n) is 2.19. The van der Waals surface area contributed by atoms with Crippen molar-refractivity contribution in [3.8, 4) is 0 Å². The van der Waals surface area contributed by atoms with E-state index >= 15 is 0 Å². The molecule has 7 heteroatoms. The van der Waals surface area contributed by atoms with Crippen molar-refractivity contribution < 1.29 is 9.72 Å². The standard InChI is InChI=1S/C16H13N3O3S/c20-16(18-8-6-12-3-1-2-7-17-12)15-10-11-9-13(19(21)22)4-5-14(11)23-15/h1-5,7,9-10H,6,8H2,(H,18,20). The molecule has 116 valence electrons. The van der Waals surface area contributed by atoms with E-state index in [2.05, 4.69) is 10.3 Å². The van der Waals surface area contributed by atoms with Crippen LogP contribution in [0.4, 0.5) is 5.69 Å². The minimum atomic E-state index is -0.441. The third kappa shape index (κ3) is 3.51. The first-order valence-corrected chi connectivity index (χ1v) is 7.81. The largest absolute Gasteiger partial charge is 0.351 e. The summed E-state index contributed by atoms with van der Waals surface area (Å²) in [4.78, 5) is 27.3. The van der Waals surface area contributed by atoms with Crippen LogP contribution in [0.2, 0.25) is 0 Å². The number of aromatic nitrogens is 1. The quantitative estimate of drug-likeness (QED) is 0.576. The Kier molecular flexibility index (Phi) is 4.29. The highest BCUT2D eigenvalue weighted by molar-refractivity contribution is 7.20. The highest BCUT2D eigenvalue weighted by Gasteiger charge is 2.13. The summed E-state index contributed by atoms with van der Waals surface area (Å²) in [5.74, 6) is -0.176. The van der Waals surface area contributed by atoms with Crippen LogP contribution in [-0.4, -0.2) is 22.4 Å². The van der Waals surface area contributed by atoms with Crippen LogP contribution in [0.3, 0.4) is 0 Å².